The van der Waals surface area contributed by atoms with E-state index in [4.69, 9.17) is 9.79 Å². The van der Waals surface area contributed by atoms with Crippen molar-refractivity contribution in [1.29, 1.82) is 0 Å². The van der Waals surface area contributed by atoms with Crippen molar-refractivity contribution in [3.8, 4) is 0 Å². The molecule has 0 saturated carbocycles. The van der Waals surface area contributed by atoms with E-state index in [1.54, 1.807) is 0 Å². The molecule has 1 amide bonds. The molecule has 1 saturated heterocycles. The first-order valence-corrected chi connectivity index (χ1v) is 8.23. The van der Waals surface area contributed by atoms with Crippen molar-refractivity contribution in [3.63, 3.8) is 0 Å². The molecule has 3 rings (SSSR count). The number of hydrogen-bond acceptors (Lipinski definition) is 8. The first-order chi connectivity index (χ1) is 10.8. The summed E-state index contributed by atoms with van der Waals surface area (Å²) in [5.74, 6) is -0.398. The molecule has 0 aromatic heterocycles. The second kappa shape index (κ2) is 5.87. The Balaban J connectivity index is 1.72. The molecule has 126 valence electrons. The molecule has 0 radical (unpaired) electrons. The van der Waals surface area contributed by atoms with E-state index in [9.17, 15) is 19.6 Å². The van der Waals surface area contributed by atoms with Gasteiger partial charge in [-0.25, -0.2) is 4.57 Å². The van der Waals surface area contributed by atoms with E-state index in [2.05, 4.69) is 25.1 Å². The minimum absolute atomic E-state index is 0.181. The van der Waals surface area contributed by atoms with Crippen LogP contribution < -0.4 is 10.6 Å². The number of hydrogen-bond donors (Lipinski definition) is 6. The molecule has 0 aromatic rings. The van der Waals surface area contributed by atoms with Crippen molar-refractivity contribution < 1.29 is 33.9 Å². The van der Waals surface area contributed by atoms with E-state index in [1.807, 2.05) is 0 Å². The molecule has 0 bridgehead atoms. The van der Waals surface area contributed by atoms with Gasteiger partial charge in [-0.2, -0.15) is 0 Å². The summed E-state index contributed by atoms with van der Waals surface area (Å²) in [6.45, 7) is -0.492. The van der Waals surface area contributed by atoms with Crippen molar-refractivity contribution in [2.75, 3.05) is 6.61 Å². The van der Waals surface area contributed by atoms with Gasteiger partial charge in [-0.05, 0) is 5.57 Å². The van der Waals surface area contributed by atoms with Crippen molar-refractivity contribution in [3.05, 3.63) is 11.8 Å². The molecule has 0 spiro atoms. The molecule has 3 heterocycles. The maximum absolute atomic E-state index is 11.7. The number of amides is 1. The summed E-state index contributed by atoms with van der Waals surface area (Å²) >= 11 is 0. The van der Waals surface area contributed by atoms with Gasteiger partial charge < -0.3 is 30.6 Å². The van der Waals surface area contributed by atoms with Crippen LogP contribution in [0.1, 0.15) is 0 Å². The molecule has 0 aromatic carbocycles. The topological polar surface area (TPSA) is 173 Å². The Morgan fingerprint density at radius 1 is 1.30 bits per heavy atom. The van der Waals surface area contributed by atoms with Crippen LogP contribution in [0, 0.1) is 0 Å². The van der Waals surface area contributed by atoms with Crippen LogP contribution >= 0.6 is 7.82 Å². The van der Waals surface area contributed by atoms with E-state index in [-0.39, 0.29) is 5.71 Å². The first-order valence-electron chi connectivity index (χ1n) is 6.70. The summed E-state index contributed by atoms with van der Waals surface area (Å²) < 4.78 is 15.1. The number of phosphoric ester groups is 1. The van der Waals surface area contributed by atoms with Gasteiger partial charge in [0.25, 0.3) is 5.91 Å². The van der Waals surface area contributed by atoms with Crippen LogP contribution in [0.5, 0.6) is 0 Å². The van der Waals surface area contributed by atoms with Gasteiger partial charge >= 0.3 is 7.82 Å². The monoisotopic (exact) mass is 346 g/mol. The Morgan fingerprint density at radius 2 is 2.04 bits per heavy atom. The first kappa shape index (κ1) is 16.4. The highest BCUT2D eigenvalue weighted by Crippen LogP contribution is 2.37. The van der Waals surface area contributed by atoms with E-state index < -0.39 is 50.7 Å². The Hall–Kier alpha value is -1.46. The third-order valence-electron chi connectivity index (χ3n) is 3.86. The maximum atomic E-state index is 11.7. The zero-order chi connectivity index (χ0) is 16.8. The van der Waals surface area contributed by atoms with Crippen LogP contribution in [0.25, 0.3) is 0 Å². The summed E-state index contributed by atoms with van der Waals surface area (Å²) in [6.07, 6.45) is 0.0543. The highest BCUT2D eigenvalue weighted by molar-refractivity contribution is 7.46. The average molecular weight is 346 g/mol. The number of rotatable bonds is 4. The molecule has 3 aliphatic rings. The summed E-state index contributed by atoms with van der Waals surface area (Å²) in [5.41, 5.74) is 0.664. The van der Waals surface area contributed by atoms with E-state index in [0.717, 1.165) is 0 Å². The van der Waals surface area contributed by atoms with E-state index >= 15 is 0 Å². The van der Waals surface area contributed by atoms with Gasteiger partial charge in [-0.1, -0.05) is 0 Å². The summed E-state index contributed by atoms with van der Waals surface area (Å²) in [5, 5.41) is 25.4. The third kappa shape index (κ3) is 3.12. The molecule has 1 unspecified atom stereocenters. The fraction of sp³-hybridized carbons (Fsp3) is 0.545. The van der Waals surface area contributed by atoms with Crippen LogP contribution in [0.15, 0.2) is 21.8 Å². The number of phosphoric acid groups is 1. The lowest BCUT2D eigenvalue weighted by Crippen LogP contribution is -2.46. The second-order valence-corrected chi connectivity index (χ2v) is 6.56. The Labute approximate surface area is 130 Å². The zero-order valence-corrected chi connectivity index (χ0v) is 12.5. The summed E-state index contributed by atoms with van der Waals surface area (Å²) in [4.78, 5) is 37.2. The largest absolute Gasteiger partial charge is 0.469 e. The fourth-order valence-corrected chi connectivity index (χ4v) is 3.11. The minimum Gasteiger partial charge on any atom is -0.389 e. The molecular formula is C11H15N4O7P. The number of fused-ring (bicyclic) bond motifs is 1. The molecule has 5 atom stereocenters. The molecule has 0 aliphatic carbocycles. The van der Waals surface area contributed by atoms with Gasteiger partial charge in [0, 0.05) is 6.20 Å². The molecule has 12 heteroatoms. The SMILES string of the molecule is O=C1NC=NC2C([C@@H]3N[C@@H](COP(=O)(O)O)[C@H](O)[C@H]3O)=CN=C12. The van der Waals surface area contributed by atoms with Gasteiger partial charge in [-0.3, -0.25) is 19.3 Å². The number of aliphatic imine (C=N–C) groups is 2. The lowest BCUT2D eigenvalue weighted by Gasteiger charge is -2.23. The number of nitrogens with one attached hydrogen (secondary N) is 2. The van der Waals surface area contributed by atoms with Crippen molar-refractivity contribution in [1.82, 2.24) is 10.6 Å². The number of carbonyl (C=O) groups excluding carboxylic acids is 1. The van der Waals surface area contributed by atoms with Crippen LogP contribution in [0.2, 0.25) is 0 Å². The van der Waals surface area contributed by atoms with Gasteiger partial charge in [0.2, 0.25) is 0 Å². The number of aliphatic hydroxyl groups excluding tert-OH is 2. The highest BCUT2D eigenvalue weighted by atomic mass is 31.2. The minimum atomic E-state index is -4.69. The number of nitrogens with zero attached hydrogens (tertiary/aromatic N) is 2. The maximum Gasteiger partial charge on any atom is 0.469 e. The summed E-state index contributed by atoms with van der Waals surface area (Å²) in [7, 11) is -4.69. The number of aliphatic hydroxyl groups is 2. The predicted octanol–water partition coefficient (Wildman–Crippen LogP) is -2.98. The molecule has 1 fully saturated rings. The van der Waals surface area contributed by atoms with Gasteiger partial charge in [0.05, 0.1) is 31.1 Å². The van der Waals surface area contributed by atoms with Crippen LogP contribution in [0.3, 0.4) is 0 Å². The Morgan fingerprint density at radius 3 is 2.74 bits per heavy atom. The molecule has 3 aliphatic heterocycles. The second-order valence-electron chi connectivity index (χ2n) is 5.32. The normalized spacial score (nSPS) is 36.5. The highest BCUT2D eigenvalue weighted by Gasteiger charge is 2.47. The smallest absolute Gasteiger partial charge is 0.389 e. The van der Waals surface area contributed by atoms with Gasteiger partial charge in [-0.15, -0.1) is 0 Å². The average Bonchev–Trinajstić information content (AvgIpc) is 3.01. The fourth-order valence-electron chi connectivity index (χ4n) is 2.76. The zero-order valence-electron chi connectivity index (χ0n) is 11.6. The molecule has 11 nitrogen and oxygen atoms in total. The molecule has 23 heavy (non-hydrogen) atoms. The van der Waals surface area contributed by atoms with Crippen LogP contribution in [-0.2, 0) is 13.9 Å². The van der Waals surface area contributed by atoms with Crippen molar-refractivity contribution >= 4 is 25.8 Å². The molecule has 6 N–H and O–H groups in total. The van der Waals surface area contributed by atoms with Crippen molar-refractivity contribution in [2.24, 2.45) is 9.98 Å². The van der Waals surface area contributed by atoms with E-state index in [1.165, 1.54) is 12.5 Å². The van der Waals surface area contributed by atoms with Gasteiger partial charge in [0.15, 0.2) is 0 Å². The quantitative estimate of drug-likeness (QED) is 0.293. The Kier molecular flexibility index (Phi) is 4.19. The lowest BCUT2D eigenvalue weighted by molar-refractivity contribution is -0.113. The molecular weight excluding hydrogens is 331 g/mol. The number of carbonyl (C=O) groups is 1. The Bertz CT molecular complexity index is 657. The standard InChI is InChI=1S/C11H15N4O7P/c16-9-5(2-22-23(19,20)21)15-7(10(9)17)4-1-12-8-6(4)13-3-14-11(8)18/h1,3,5-7,9-10,15-17H,2H2,(H,13,14,18)(H2,19,20,21)/t5-,6?,7-,9-,10-/m0/s1. The van der Waals surface area contributed by atoms with Gasteiger partial charge in [0.1, 0.15) is 17.9 Å². The van der Waals surface area contributed by atoms with Crippen molar-refractivity contribution in [2.45, 2.75) is 30.3 Å². The summed E-state index contributed by atoms with van der Waals surface area (Å²) in [6, 6.07) is -2.33. The van der Waals surface area contributed by atoms with Crippen LogP contribution in [0.4, 0.5) is 0 Å². The predicted molar refractivity (Wildman–Crippen MR) is 76.7 cm³/mol. The lowest BCUT2D eigenvalue weighted by atomic mass is 9.94. The van der Waals surface area contributed by atoms with Crippen LogP contribution in [-0.4, -0.2) is 74.9 Å². The van der Waals surface area contributed by atoms with E-state index in [0.29, 0.717) is 5.57 Å². The third-order valence-corrected chi connectivity index (χ3v) is 4.34.